The Morgan fingerprint density at radius 2 is 2.06 bits per heavy atom. The fourth-order valence-electron chi connectivity index (χ4n) is 2.22. The summed E-state index contributed by atoms with van der Waals surface area (Å²) >= 11 is 0. The SMILES string of the molecule is CNCC1CCCN1CC(=O)NC(C)C(C)C.Cl. The summed E-state index contributed by atoms with van der Waals surface area (Å²) in [7, 11) is 1.97. The van der Waals surface area contributed by atoms with Crippen molar-refractivity contribution in [1.82, 2.24) is 15.5 Å². The van der Waals surface area contributed by atoms with Crippen molar-refractivity contribution in [2.24, 2.45) is 5.92 Å². The van der Waals surface area contributed by atoms with Crippen molar-refractivity contribution in [3.63, 3.8) is 0 Å². The van der Waals surface area contributed by atoms with E-state index >= 15 is 0 Å². The molecule has 2 N–H and O–H groups in total. The van der Waals surface area contributed by atoms with Gasteiger partial charge >= 0.3 is 0 Å². The fourth-order valence-corrected chi connectivity index (χ4v) is 2.22. The number of hydrogen-bond acceptors (Lipinski definition) is 3. The normalized spacial score (nSPS) is 21.7. The first kappa shape index (κ1) is 17.7. The summed E-state index contributed by atoms with van der Waals surface area (Å²) in [6, 6.07) is 0.785. The van der Waals surface area contributed by atoms with Crippen LogP contribution in [0.3, 0.4) is 0 Å². The van der Waals surface area contributed by atoms with Gasteiger partial charge in [-0.2, -0.15) is 0 Å². The van der Waals surface area contributed by atoms with Gasteiger partial charge in [-0.05, 0) is 39.3 Å². The molecule has 0 aromatic carbocycles. The zero-order chi connectivity index (χ0) is 12.8. The Morgan fingerprint density at radius 3 is 2.61 bits per heavy atom. The Hall–Kier alpha value is -0.320. The van der Waals surface area contributed by atoms with Gasteiger partial charge in [-0.3, -0.25) is 9.69 Å². The molecule has 1 aliphatic heterocycles. The third-order valence-corrected chi connectivity index (χ3v) is 3.67. The molecule has 5 heteroatoms. The molecule has 0 aromatic rings. The third kappa shape index (κ3) is 5.55. The molecule has 1 saturated heterocycles. The van der Waals surface area contributed by atoms with Crippen LogP contribution in [0.15, 0.2) is 0 Å². The molecule has 1 rings (SSSR count). The number of carbonyl (C=O) groups is 1. The second-order valence-electron chi connectivity index (χ2n) is 5.42. The summed E-state index contributed by atoms with van der Waals surface area (Å²) in [5.41, 5.74) is 0. The number of likely N-dealkylation sites (tertiary alicyclic amines) is 1. The Labute approximate surface area is 117 Å². The van der Waals surface area contributed by atoms with E-state index in [2.05, 4.69) is 36.3 Å². The molecule has 4 nitrogen and oxygen atoms in total. The van der Waals surface area contributed by atoms with E-state index in [0.29, 0.717) is 18.5 Å². The topological polar surface area (TPSA) is 44.4 Å². The van der Waals surface area contributed by atoms with Gasteiger partial charge in [-0.15, -0.1) is 12.4 Å². The van der Waals surface area contributed by atoms with Crippen LogP contribution in [0.5, 0.6) is 0 Å². The highest BCUT2D eigenvalue weighted by Gasteiger charge is 2.25. The molecule has 108 valence electrons. The first-order valence-corrected chi connectivity index (χ1v) is 6.72. The van der Waals surface area contributed by atoms with Crippen molar-refractivity contribution in [3.05, 3.63) is 0 Å². The van der Waals surface area contributed by atoms with Crippen molar-refractivity contribution in [2.45, 2.75) is 45.7 Å². The highest BCUT2D eigenvalue weighted by Crippen LogP contribution is 2.15. The standard InChI is InChI=1S/C13H27N3O.ClH/c1-10(2)11(3)15-13(17)9-16-7-5-6-12(16)8-14-4;/h10-12,14H,5-9H2,1-4H3,(H,15,17);1H. The monoisotopic (exact) mass is 277 g/mol. The molecule has 0 bridgehead atoms. The predicted molar refractivity (Wildman–Crippen MR) is 78.2 cm³/mol. The van der Waals surface area contributed by atoms with Crippen LogP contribution < -0.4 is 10.6 Å². The summed E-state index contributed by atoms with van der Waals surface area (Å²) < 4.78 is 0. The van der Waals surface area contributed by atoms with Gasteiger partial charge in [0.2, 0.25) is 5.91 Å². The predicted octanol–water partition coefficient (Wildman–Crippen LogP) is 1.25. The minimum Gasteiger partial charge on any atom is -0.352 e. The molecule has 0 saturated carbocycles. The third-order valence-electron chi connectivity index (χ3n) is 3.67. The van der Waals surface area contributed by atoms with Gasteiger partial charge in [0, 0.05) is 18.6 Å². The average molecular weight is 278 g/mol. The summed E-state index contributed by atoms with van der Waals surface area (Å²) in [5, 5.41) is 6.27. The number of likely N-dealkylation sites (N-methyl/N-ethyl adjacent to an activating group) is 1. The smallest absolute Gasteiger partial charge is 0.234 e. The van der Waals surface area contributed by atoms with Crippen LogP contribution in [-0.4, -0.2) is 49.6 Å². The molecule has 2 atom stereocenters. The molecule has 18 heavy (non-hydrogen) atoms. The first-order chi connectivity index (χ1) is 8.04. The van der Waals surface area contributed by atoms with Gasteiger partial charge in [-0.25, -0.2) is 0 Å². The lowest BCUT2D eigenvalue weighted by molar-refractivity contribution is -0.123. The Kier molecular flexibility index (Phi) is 8.57. The Balaban J connectivity index is 0.00000289. The molecule has 0 radical (unpaired) electrons. The summed E-state index contributed by atoms with van der Waals surface area (Å²) in [5.74, 6) is 0.653. The second-order valence-corrected chi connectivity index (χ2v) is 5.42. The lowest BCUT2D eigenvalue weighted by Crippen LogP contribution is -2.46. The van der Waals surface area contributed by atoms with Crippen LogP contribution in [0.1, 0.15) is 33.6 Å². The second kappa shape index (κ2) is 8.73. The molecular formula is C13H28ClN3O. The zero-order valence-corrected chi connectivity index (χ0v) is 12.8. The van der Waals surface area contributed by atoms with Crippen molar-refractivity contribution in [1.29, 1.82) is 0 Å². The molecule has 0 aromatic heterocycles. The largest absolute Gasteiger partial charge is 0.352 e. The van der Waals surface area contributed by atoms with Gasteiger partial charge in [0.25, 0.3) is 0 Å². The number of halogens is 1. The van der Waals surface area contributed by atoms with Gasteiger partial charge < -0.3 is 10.6 Å². The van der Waals surface area contributed by atoms with Crippen LogP contribution >= 0.6 is 12.4 Å². The van der Waals surface area contributed by atoms with E-state index in [-0.39, 0.29) is 24.4 Å². The van der Waals surface area contributed by atoms with E-state index in [1.165, 1.54) is 12.8 Å². The van der Waals surface area contributed by atoms with E-state index in [9.17, 15) is 4.79 Å². The molecule has 1 aliphatic rings. The maximum atomic E-state index is 11.9. The Bertz CT molecular complexity index is 248. The summed E-state index contributed by atoms with van der Waals surface area (Å²) in [6.07, 6.45) is 2.41. The Morgan fingerprint density at radius 1 is 1.39 bits per heavy atom. The van der Waals surface area contributed by atoms with Crippen LogP contribution in [0.4, 0.5) is 0 Å². The highest BCUT2D eigenvalue weighted by atomic mass is 35.5. The van der Waals surface area contributed by atoms with Crippen molar-refractivity contribution < 1.29 is 4.79 Å². The maximum Gasteiger partial charge on any atom is 0.234 e. The number of nitrogens with one attached hydrogen (secondary N) is 2. The average Bonchev–Trinajstić information content (AvgIpc) is 2.66. The van der Waals surface area contributed by atoms with Crippen LogP contribution in [0.25, 0.3) is 0 Å². The highest BCUT2D eigenvalue weighted by molar-refractivity contribution is 5.85. The molecule has 1 fully saturated rings. The lowest BCUT2D eigenvalue weighted by atomic mass is 10.1. The number of hydrogen-bond donors (Lipinski definition) is 2. The van der Waals surface area contributed by atoms with E-state index in [0.717, 1.165) is 13.1 Å². The number of nitrogens with zero attached hydrogens (tertiary/aromatic N) is 1. The fraction of sp³-hybridized carbons (Fsp3) is 0.923. The molecule has 0 aliphatic carbocycles. The zero-order valence-electron chi connectivity index (χ0n) is 12.0. The van der Waals surface area contributed by atoms with Gasteiger partial charge in [0.05, 0.1) is 6.54 Å². The minimum atomic E-state index is 0. The van der Waals surface area contributed by atoms with E-state index in [1.54, 1.807) is 0 Å². The van der Waals surface area contributed by atoms with Gasteiger partial charge in [0.15, 0.2) is 0 Å². The number of carbonyl (C=O) groups excluding carboxylic acids is 1. The van der Waals surface area contributed by atoms with Crippen LogP contribution in [0.2, 0.25) is 0 Å². The van der Waals surface area contributed by atoms with E-state index in [1.807, 2.05) is 7.05 Å². The summed E-state index contributed by atoms with van der Waals surface area (Å²) in [6.45, 7) is 8.90. The van der Waals surface area contributed by atoms with Crippen LogP contribution in [0, 0.1) is 5.92 Å². The van der Waals surface area contributed by atoms with Crippen molar-refractivity contribution >= 4 is 18.3 Å². The minimum absolute atomic E-state index is 0. The van der Waals surface area contributed by atoms with Crippen LogP contribution in [-0.2, 0) is 4.79 Å². The maximum absolute atomic E-state index is 11.9. The first-order valence-electron chi connectivity index (χ1n) is 6.72. The quantitative estimate of drug-likeness (QED) is 0.768. The van der Waals surface area contributed by atoms with E-state index in [4.69, 9.17) is 0 Å². The molecule has 1 amide bonds. The van der Waals surface area contributed by atoms with Crippen molar-refractivity contribution in [3.8, 4) is 0 Å². The molecular weight excluding hydrogens is 250 g/mol. The molecule has 0 spiro atoms. The van der Waals surface area contributed by atoms with Crippen molar-refractivity contribution in [2.75, 3.05) is 26.7 Å². The molecule has 2 unspecified atom stereocenters. The summed E-state index contributed by atoms with van der Waals surface area (Å²) in [4.78, 5) is 14.2. The molecule has 1 heterocycles. The lowest BCUT2D eigenvalue weighted by Gasteiger charge is -2.25. The van der Waals surface area contributed by atoms with Gasteiger partial charge in [0.1, 0.15) is 0 Å². The number of rotatable bonds is 6. The van der Waals surface area contributed by atoms with E-state index < -0.39 is 0 Å². The van der Waals surface area contributed by atoms with Gasteiger partial charge in [-0.1, -0.05) is 13.8 Å². The number of amides is 1.